The molecule has 0 aliphatic carbocycles. The molecule has 1 heterocycles. The topological polar surface area (TPSA) is 28.8 Å². The monoisotopic (exact) mass is 317 g/mol. The summed E-state index contributed by atoms with van der Waals surface area (Å²) in [5, 5.41) is 9.90. The van der Waals surface area contributed by atoms with E-state index in [1.807, 2.05) is 42.1 Å². The largest absolute Gasteiger partial charge is 1.00 e. The number of anilines is 2. The molecule has 0 aliphatic rings. The second kappa shape index (κ2) is 6.70. The van der Waals surface area contributed by atoms with E-state index in [4.69, 9.17) is 0 Å². The molecule has 1 N–H and O–H groups in total. The van der Waals surface area contributed by atoms with Gasteiger partial charge in [-0.1, -0.05) is 40.6 Å². The van der Waals surface area contributed by atoms with E-state index < -0.39 is 0 Å². The second-order valence-corrected chi connectivity index (χ2v) is 5.67. The van der Waals surface area contributed by atoms with Crippen LogP contribution in [0.25, 0.3) is 10.6 Å². The minimum Gasteiger partial charge on any atom is -1.00 e. The molecule has 0 unspecified atom stereocenters. The molecule has 21 heavy (non-hydrogen) atoms. The van der Waals surface area contributed by atoms with Crippen molar-refractivity contribution in [3.63, 3.8) is 0 Å². The van der Waals surface area contributed by atoms with Gasteiger partial charge in [0.2, 0.25) is 0 Å². The molecule has 0 saturated heterocycles. The first-order chi connectivity index (χ1) is 9.72. The average molecular weight is 318 g/mol. The van der Waals surface area contributed by atoms with Crippen molar-refractivity contribution >= 4 is 22.2 Å². The molecule has 3 aromatic rings. The van der Waals surface area contributed by atoms with Crippen LogP contribution >= 0.6 is 11.3 Å². The van der Waals surface area contributed by atoms with E-state index in [9.17, 15) is 0 Å². The zero-order chi connectivity index (χ0) is 13.9. The zero-order valence-corrected chi connectivity index (χ0v) is 13.4. The number of rotatable bonds is 3. The summed E-state index contributed by atoms with van der Waals surface area (Å²) in [6.45, 7) is 2.10. The van der Waals surface area contributed by atoms with E-state index >= 15 is 0 Å². The van der Waals surface area contributed by atoms with Crippen molar-refractivity contribution < 1.29 is 17.1 Å². The maximum absolute atomic E-state index is 4.53. The molecule has 1 aromatic heterocycles. The van der Waals surface area contributed by atoms with Crippen LogP contribution in [0.2, 0.25) is 0 Å². The molecule has 5 heteroatoms. The number of halogens is 1. The lowest BCUT2D eigenvalue weighted by molar-refractivity contribution is -0.714. The smallest absolute Gasteiger partial charge is 0.297 e. The molecule has 0 radical (unpaired) electrons. The lowest BCUT2D eigenvalue weighted by Crippen LogP contribution is -3.00. The highest BCUT2D eigenvalue weighted by Gasteiger charge is 2.18. The molecule has 108 valence electrons. The Morgan fingerprint density at radius 1 is 1.00 bits per heavy atom. The molecule has 0 amide bonds. The van der Waals surface area contributed by atoms with Gasteiger partial charge in [0, 0.05) is 10.8 Å². The summed E-state index contributed by atoms with van der Waals surface area (Å²) in [4.78, 5) is 0. The third-order valence-corrected chi connectivity index (χ3v) is 4.12. The Hall–Kier alpha value is -1.91. The van der Waals surface area contributed by atoms with Crippen molar-refractivity contribution in [1.82, 2.24) is 5.10 Å². The van der Waals surface area contributed by atoms with Gasteiger partial charge in [0.25, 0.3) is 10.1 Å². The van der Waals surface area contributed by atoms with Crippen LogP contribution in [0.1, 0.15) is 5.56 Å². The van der Waals surface area contributed by atoms with Gasteiger partial charge in [-0.05, 0) is 42.5 Å². The first-order valence-corrected chi connectivity index (χ1v) is 7.30. The fraction of sp³-hybridized carbons (Fsp3) is 0.125. The third-order valence-electron chi connectivity index (χ3n) is 3.05. The number of aromatic nitrogens is 2. The van der Waals surface area contributed by atoms with Crippen LogP contribution in [-0.2, 0) is 7.05 Å². The van der Waals surface area contributed by atoms with Gasteiger partial charge in [-0.2, -0.15) is 0 Å². The first kappa shape index (κ1) is 15.5. The summed E-state index contributed by atoms with van der Waals surface area (Å²) < 4.78 is 1.92. The van der Waals surface area contributed by atoms with E-state index in [2.05, 4.69) is 41.6 Å². The van der Waals surface area contributed by atoms with E-state index in [1.165, 1.54) is 11.1 Å². The van der Waals surface area contributed by atoms with E-state index in [1.54, 1.807) is 11.3 Å². The molecular weight excluding hydrogens is 302 g/mol. The Kier molecular flexibility index (Phi) is 4.94. The van der Waals surface area contributed by atoms with Gasteiger partial charge in [0.1, 0.15) is 0 Å². The van der Waals surface area contributed by atoms with Gasteiger partial charge in [0.15, 0.2) is 7.05 Å². The lowest BCUT2D eigenvalue weighted by atomic mass is 10.2. The van der Waals surface area contributed by atoms with Crippen LogP contribution in [0.15, 0.2) is 54.6 Å². The molecule has 0 saturated carbocycles. The van der Waals surface area contributed by atoms with Crippen LogP contribution < -0.4 is 22.4 Å². The number of hydrogen-bond acceptors (Lipinski definition) is 3. The molecule has 0 bridgehead atoms. The number of para-hydroxylation sites is 1. The van der Waals surface area contributed by atoms with Crippen LogP contribution in [0.3, 0.4) is 0 Å². The Bertz CT molecular complexity index is 708. The molecule has 0 aliphatic heterocycles. The highest BCUT2D eigenvalue weighted by atomic mass is 35.5. The number of nitrogens with one attached hydrogen (secondary N) is 1. The molecule has 0 fully saturated rings. The number of benzene rings is 2. The van der Waals surface area contributed by atoms with Crippen LogP contribution in [0, 0.1) is 6.92 Å². The normalized spacial score (nSPS) is 10.0. The second-order valence-electron chi connectivity index (χ2n) is 4.69. The van der Waals surface area contributed by atoms with E-state index in [-0.39, 0.29) is 12.4 Å². The van der Waals surface area contributed by atoms with Crippen molar-refractivity contribution in [2.45, 2.75) is 6.92 Å². The Morgan fingerprint density at radius 3 is 2.33 bits per heavy atom. The van der Waals surface area contributed by atoms with Gasteiger partial charge in [-0.25, -0.2) is 0 Å². The summed E-state index contributed by atoms with van der Waals surface area (Å²) in [7, 11) is 1.97. The summed E-state index contributed by atoms with van der Waals surface area (Å²) in [5.41, 5.74) is 3.51. The van der Waals surface area contributed by atoms with Crippen molar-refractivity contribution in [2.24, 2.45) is 7.05 Å². The highest BCUT2D eigenvalue weighted by Crippen LogP contribution is 2.26. The Balaban J connectivity index is 0.00000161. The van der Waals surface area contributed by atoms with E-state index in [0.717, 1.165) is 15.8 Å². The van der Waals surface area contributed by atoms with Crippen LogP contribution in [0.4, 0.5) is 10.8 Å². The number of nitrogens with zero attached hydrogens (tertiary/aromatic N) is 2. The molecule has 0 atom stereocenters. The molecule has 2 aromatic carbocycles. The summed E-state index contributed by atoms with van der Waals surface area (Å²) in [6.07, 6.45) is 0. The SMILES string of the molecule is Cc1ccc(-c2sc(Nc3ccccc3)n[n+]2C)cc1.[Cl-]. The third kappa shape index (κ3) is 3.60. The van der Waals surface area contributed by atoms with Crippen LogP contribution in [-0.4, -0.2) is 5.10 Å². The summed E-state index contributed by atoms with van der Waals surface area (Å²) >= 11 is 1.65. The van der Waals surface area contributed by atoms with Crippen molar-refractivity contribution in [1.29, 1.82) is 0 Å². The number of hydrogen-bond donors (Lipinski definition) is 1. The first-order valence-electron chi connectivity index (χ1n) is 6.48. The maximum Gasteiger partial charge on any atom is 0.297 e. The predicted molar refractivity (Wildman–Crippen MR) is 83.2 cm³/mol. The van der Waals surface area contributed by atoms with E-state index in [0.29, 0.717) is 0 Å². The number of aryl methyl sites for hydroxylation is 2. The minimum absolute atomic E-state index is 0. The maximum atomic E-state index is 4.53. The Morgan fingerprint density at radius 2 is 1.67 bits per heavy atom. The molecule has 3 rings (SSSR count). The van der Waals surface area contributed by atoms with Gasteiger partial charge in [0.05, 0.1) is 5.56 Å². The average Bonchev–Trinajstić information content (AvgIpc) is 2.81. The lowest BCUT2D eigenvalue weighted by Gasteiger charge is -1.97. The molecule has 0 spiro atoms. The molecule has 3 nitrogen and oxygen atoms in total. The van der Waals surface area contributed by atoms with Crippen molar-refractivity contribution in [2.75, 3.05) is 5.32 Å². The zero-order valence-electron chi connectivity index (χ0n) is 11.9. The standard InChI is InChI=1S/C16H16N3S.ClH/c1-12-8-10-13(11-9-12)15-19(2)18-16(20-15)17-14-6-4-3-5-7-14;/h3-11H,1-2H3,(H,17,18);1H/q+1;/p-1. The Labute approximate surface area is 134 Å². The minimum atomic E-state index is 0. The van der Waals surface area contributed by atoms with Crippen molar-refractivity contribution in [3.05, 3.63) is 60.2 Å². The van der Waals surface area contributed by atoms with Gasteiger partial charge in [-0.15, -0.1) is 0 Å². The van der Waals surface area contributed by atoms with Crippen LogP contribution in [0.5, 0.6) is 0 Å². The molecular formula is C16H16ClN3S. The fourth-order valence-electron chi connectivity index (χ4n) is 2.00. The predicted octanol–water partition coefficient (Wildman–Crippen LogP) is 0.691. The summed E-state index contributed by atoms with van der Waals surface area (Å²) in [6, 6.07) is 18.6. The summed E-state index contributed by atoms with van der Waals surface area (Å²) in [5.74, 6) is 0. The van der Waals surface area contributed by atoms with Gasteiger partial charge >= 0.3 is 0 Å². The van der Waals surface area contributed by atoms with Gasteiger partial charge in [-0.3, -0.25) is 0 Å². The fourth-order valence-corrected chi connectivity index (χ4v) is 2.94. The quantitative estimate of drug-likeness (QED) is 0.720. The van der Waals surface area contributed by atoms with Gasteiger partial charge < -0.3 is 17.7 Å². The van der Waals surface area contributed by atoms with Crippen molar-refractivity contribution in [3.8, 4) is 10.6 Å². The highest BCUT2D eigenvalue weighted by molar-refractivity contribution is 7.18.